The van der Waals surface area contributed by atoms with Crippen LogP contribution in [0.5, 0.6) is 0 Å². The Morgan fingerprint density at radius 2 is 1.85 bits per heavy atom. The fraction of sp³-hybridized carbons (Fsp3) is 0.316. The maximum Gasteiger partial charge on any atom is 0.332 e. The third-order valence-electron chi connectivity index (χ3n) is 4.23. The Kier molecular flexibility index (Phi) is 5.16. The second-order valence-corrected chi connectivity index (χ2v) is 8.00. The first-order chi connectivity index (χ1) is 12.3. The molecule has 26 heavy (non-hydrogen) atoms. The summed E-state index contributed by atoms with van der Waals surface area (Å²) in [6.07, 6.45) is 0.749. The monoisotopic (exact) mass is 390 g/mol. The number of rotatable bonds is 5. The van der Waals surface area contributed by atoms with E-state index in [1.54, 1.807) is 24.3 Å². The molecule has 0 spiro atoms. The van der Waals surface area contributed by atoms with Crippen molar-refractivity contribution in [3.05, 3.63) is 66.6 Å². The van der Waals surface area contributed by atoms with Crippen molar-refractivity contribution >= 4 is 38.9 Å². The Morgan fingerprint density at radius 1 is 1.19 bits per heavy atom. The number of carbonyl (C=O) groups excluding carboxylic acids is 1. The molecule has 0 radical (unpaired) electrons. The zero-order chi connectivity index (χ0) is 19.0. The van der Waals surface area contributed by atoms with E-state index in [9.17, 15) is 14.4 Å². The highest BCUT2D eigenvalue weighted by molar-refractivity contribution is 7.17. The van der Waals surface area contributed by atoms with Crippen LogP contribution < -0.4 is 11.2 Å². The molecule has 0 aliphatic carbocycles. The topological polar surface area (TPSA) is 61.1 Å². The quantitative estimate of drug-likeness (QED) is 0.626. The number of benzene rings is 1. The summed E-state index contributed by atoms with van der Waals surface area (Å²) < 4.78 is 2.47. The number of thiophene rings is 1. The molecule has 3 aromatic rings. The van der Waals surface area contributed by atoms with Crippen LogP contribution in [0, 0.1) is 5.92 Å². The standard InChI is InChI=1S/C19H19ClN2O3S/c1-11(2)8-13-10-26-18-16(13)17(24)21(3)19(25)22(18)9-15(23)12-4-6-14(20)7-5-12/h4-7,10-11H,8-9H2,1-3H3. The summed E-state index contributed by atoms with van der Waals surface area (Å²) in [7, 11) is 1.45. The Hall–Kier alpha value is -2.18. The minimum Gasteiger partial charge on any atom is -0.292 e. The lowest BCUT2D eigenvalue weighted by Crippen LogP contribution is -2.39. The molecule has 5 nitrogen and oxygen atoms in total. The highest BCUT2D eigenvalue weighted by atomic mass is 35.5. The first-order valence-corrected chi connectivity index (χ1v) is 9.54. The van der Waals surface area contributed by atoms with Crippen LogP contribution in [0.1, 0.15) is 29.8 Å². The van der Waals surface area contributed by atoms with E-state index in [-0.39, 0.29) is 17.9 Å². The second kappa shape index (κ2) is 7.21. The van der Waals surface area contributed by atoms with Crippen LogP contribution in [-0.4, -0.2) is 14.9 Å². The summed E-state index contributed by atoms with van der Waals surface area (Å²) >= 11 is 7.19. The number of nitrogens with zero attached hydrogens (tertiary/aromatic N) is 2. The van der Waals surface area contributed by atoms with Crippen molar-refractivity contribution in [1.82, 2.24) is 9.13 Å². The van der Waals surface area contributed by atoms with Crippen molar-refractivity contribution in [2.24, 2.45) is 13.0 Å². The van der Waals surface area contributed by atoms with Crippen molar-refractivity contribution in [2.75, 3.05) is 0 Å². The number of fused-ring (bicyclic) bond motifs is 1. The summed E-state index contributed by atoms with van der Waals surface area (Å²) in [4.78, 5) is 38.4. The highest BCUT2D eigenvalue weighted by Gasteiger charge is 2.19. The van der Waals surface area contributed by atoms with Gasteiger partial charge in [-0.1, -0.05) is 25.4 Å². The van der Waals surface area contributed by atoms with E-state index < -0.39 is 5.69 Å². The summed E-state index contributed by atoms with van der Waals surface area (Å²) in [6.45, 7) is 4.04. The molecule has 0 atom stereocenters. The Morgan fingerprint density at radius 3 is 2.46 bits per heavy atom. The van der Waals surface area contributed by atoms with Crippen LogP contribution in [0.2, 0.25) is 5.02 Å². The molecule has 136 valence electrons. The van der Waals surface area contributed by atoms with E-state index in [1.807, 2.05) is 5.38 Å². The van der Waals surface area contributed by atoms with Crippen molar-refractivity contribution in [3.63, 3.8) is 0 Å². The largest absolute Gasteiger partial charge is 0.332 e. The zero-order valence-electron chi connectivity index (χ0n) is 14.8. The maximum atomic E-state index is 12.6. The summed E-state index contributed by atoms with van der Waals surface area (Å²) in [5.74, 6) is 0.177. The minimum atomic E-state index is -0.484. The molecule has 0 saturated heterocycles. The molecule has 0 saturated carbocycles. The van der Waals surface area contributed by atoms with Gasteiger partial charge in [0.25, 0.3) is 5.56 Å². The molecule has 3 rings (SSSR count). The summed E-state index contributed by atoms with van der Waals surface area (Å²) in [5.41, 5.74) is 0.607. The molecule has 0 N–H and O–H groups in total. The van der Waals surface area contributed by atoms with E-state index in [0.717, 1.165) is 16.6 Å². The van der Waals surface area contributed by atoms with Gasteiger partial charge >= 0.3 is 5.69 Å². The van der Waals surface area contributed by atoms with Gasteiger partial charge in [0.2, 0.25) is 0 Å². The van der Waals surface area contributed by atoms with Crippen LogP contribution in [0.15, 0.2) is 39.2 Å². The van der Waals surface area contributed by atoms with Crippen molar-refractivity contribution < 1.29 is 4.79 Å². The van der Waals surface area contributed by atoms with E-state index in [0.29, 0.717) is 26.7 Å². The predicted molar refractivity (Wildman–Crippen MR) is 106 cm³/mol. The Balaban J connectivity index is 2.12. The maximum absolute atomic E-state index is 12.6. The molecular weight excluding hydrogens is 372 g/mol. The normalized spacial score (nSPS) is 11.4. The van der Waals surface area contributed by atoms with Gasteiger partial charge in [0.1, 0.15) is 4.83 Å². The summed E-state index contributed by atoms with van der Waals surface area (Å²) in [5, 5.41) is 2.99. The number of ketones is 1. The molecule has 0 bridgehead atoms. The number of halogens is 1. The van der Waals surface area contributed by atoms with Gasteiger partial charge in [-0.3, -0.25) is 18.7 Å². The van der Waals surface area contributed by atoms with E-state index in [1.165, 1.54) is 23.0 Å². The van der Waals surface area contributed by atoms with Crippen LogP contribution >= 0.6 is 22.9 Å². The first kappa shape index (κ1) is 18.6. The molecule has 0 aliphatic rings. The van der Waals surface area contributed by atoms with Gasteiger partial charge in [-0.05, 0) is 47.5 Å². The van der Waals surface area contributed by atoms with Crippen LogP contribution in [0.25, 0.3) is 10.2 Å². The molecular formula is C19H19ClN2O3S. The predicted octanol–water partition coefficient (Wildman–Crippen LogP) is 3.50. The fourth-order valence-electron chi connectivity index (χ4n) is 2.93. The summed E-state index contributed by atoms with van der Waals surface area (Å²) in [6, 6.07) is 6.54. The molecule has 0 aliphatic heterocycles. The third-order valence-corrected chi connectivity index (χ3v) is 5.53. The molecule has 2 heterocycles. The van der Waals surface area contributed by atoms with Gasteiger partial charge in [0.15, 0.2) is 5.78 Å². The van der Waals surface area contributed by atoms with Crippen molar-refractivity contribution in [1.29, 1.82) is 0 Å². The molecule has 0 unspecified atom stereocenters. The number of Topliss-reactive ketones (excluding diaryl/α,β-unsaturated/α-hetero) is 1. The van der Waals surface area contributed by atoms with Gasteiger partial charge in [-0.2, -0.15) is 0 Å². The first-order valence-electron chi connectivity index (χ1n) is 8.28. The van der Waals surface area contributed by atoms with Crippen LogP contribution in [0.3, 0.4) is 0 Å². The molecule has 2 aromatic heterocycles. The van der Waals surface area contributed by atoms with Crippen molar-refractivity contribution in [2.45, 2.75) is 26.8 Å². The van der Waals surface area contributed by atoms with E-state index in [4.69, 9.17) is 11.6 Å². The number of carbonyl (C=O) groups is 1. The highest BCUT2D eigenvalue weighted by Crippen LogP contribution is 2.24. The molecule has 0 amide bonds. The number of hydrogen-bond donors (Lipinski definition) is 0. The third kappa shape index (κ3) is 3.39. The molecule has 7 heteroatoms. The smallest absolute Gasteiger partial charge is 0.292 e. The Labute approximate surface area is 159 Å². The average Bonchev–Trinajstić information content (AvgIpc) is 3.00. The van der Waals surface area contributed by atoms with E-state index >= 15 is 0 Å². The zero-order valence-corrected chi connectivity index (χ0v) is 16.4. The number of hydrogen-bond acceptors (Lipinski definition) is 4. The van der Waals surface area contributed by atoms with Crippen LogP contribution in [0.4, 0.5) is 0 Å². The van der Waals surface area contributed by atoms with E-state index in [2.05, 4.69) is 13.8 Å². The number of aromatic nitrogens is 2. The Bertz CT molecular complexity index is 1090. The molecule has 0 fully saturated rings. The lowest BCUT2D eigenvalue weighted by atomic mass is 10.0. The SMILES string of the molecule is CC(C)Cc1csc2c1c(=O)n(C)c(=O)n2CC(=O)c1ccc(Cl)cc1. The lowest BCUT2D eigenvalue weighted by Gasteiger charge is -2.10. The van der Waals surface area contributed by atoms with Crippen molar-refractivity contribution in [3.8, 4) is 0 Å². The van der Waals surface area contributed by atoms with Gasteiger partial charge < -0.3 is 0 Å². The minimum absolute atomic E-state index is 0.118. The van der Waals surface area contributed by atoms with Gasteiger partial charge in [0, 0.05) is 17.6 Å². The van der Waals surface area contributed by atoms with Gasteiger partial charge in [-0.25, -0.2) is 4.79 Å². The fourth-order valence-corrected chi connectivity index (χ4v) is 4.13. The molecule has 1 aromatic carbocycles. The second-order valence-electron chi connectivity index (χ2n) is 6.70. The average molecular weight is 391 g/mol. The van der Waals surface area contributed by atoms with Crippen LogP contribution in [-0.2, 0) is 20.0 Å². The lowest BCUT2D eigenvalue weighted by molar-refractivity contribution is 0.0971. The van der Waals surface area contributed by atoms with Gasteiger partial charge in [0.05, 0.1) is 11.9 Å². The van der Waals surface area contributed by atoms with Gasteiger partial charge in [-0.15, -0.1) is 11.3 Å².